The van der Waals surface area contributed by atoms with Gasteiger partial charge in [-0.05, 0) is 79.7 Å². The first-order chi connectivity index (χ1) is 24.1. The molecule has 12 heteroatoms. The van der Waals surface area contributed by atoms with Crippen LogP contribution in [-0.4, -0.2) is 73.2 Å². The Balaban J connectivity index is 1.33. The molecule has 268 valence electrons. The minimum Gasteiger partial charge on any atom is -0.453 e. The summed E-state index contributed by atoms with van der Waals surface area (Å²) in [6.45, 7) is 4.07. The molecule has 1 fully saturated rings. The topological polar surface area (TPSA) is 138 Å². The first kappa shape index (κ1) is 37.4. The van der Waals surface area contributed by atoms with E-state index < -0.39 is 34.1 Å². The fraction of sp³-hybridized carbons (Fsp3) is 0.447. The highest BCUT2D eigenvalue weighted by Gasteiger charge is 2.38. The van der Waals surface area contributed by atoms with Crippen LogP contribution in [0.4, 0.5) is 4.79 Å². The Morgan fingerprint density at radius 3 is 2.20 bits per heavy atom. The van der Waals surface area contributed by atoms with Crippen molar-refractivity contribution < 1.29 is 27.9 Å². The molecular formula is C38H48N4O6S2. The van der Waals surface area contributed by atoms with Gasteiger partial charge in [0.2, 0.25) is 15.9 Å². The van der Waals surface area contributed by atoms with E-state index in [1.165, 1.54) is 22.8 Å². The summed E-state index contributed by atoms with van der Waals surface area (Å²) in [4.78, 5) is 31.3. The van der Waals surface area contributed by atoms with Gasteiger partial charge in [0.05, 0.1) is 34.3 Å². The van der Waals surface area contributed by atoms with Gasteiger partial charge in [0.1, 0.15) is 6.04 Å². The number of benzene rings is 3. The predicted molar refractivity (Wildman–Crippen MR) is 196 cm³/mol. The first-order valence-corrected chi connectivity index (χ1v) is 19.6. The zero-order valence-electron chi connectivity index (χ0n) is 28.9. The Morgan fingerprint density at radius 2 is 1.62 bits per heavy atom. The molecular weight excluding hydrogens is 673 g/mol. The van der Waals surface area contributed by atoms with Gasteiger partial charge >= 0.3 is 6.09 Å². The molecule has 5 rings (SSSR count). The van der Waals surface area contributed by atoms with Crippen LogP contribution >= 0.6 is 11.3 Å². The SMILES string of the molecule is COC(=O)N[C@H](C(=O)N[C@H](CCC[C@@H](CO)N(CCC(C)C)S(=O)(=O)c1ccc2ncsc2c1)C1CC1)C(c1ccccc1)c1ccccc1. The summed E-state index contributed by atoms with van der Waals surface area (Å²) in [5.41, 5.74) is 4.19. The lowest BCUT2D eigenvalue weighted by Crippen LogP contribution is -2.53. The second-order valence-electron chi connectivity index (χ2n) is 13.4. The molecule has 1 saturated carbocycles. The molecule has 1 aromatic heterocycles. The molecule has 0 saturated heterocycles. The van der Waals surface area contributed by atoms with E-state index in [1.807, 2.05) is 74.5 Å². The van der Waals surface area contributed by atoms with E-state index in [0.717, 1.165) is 34.2 Å². The molecule has 0 spiro atoms. The zero-order chi connectivity index (χ0) is 35.7. The van der Waals surface area contributed by atoms with Gasteiger partial charge in [0.25, 0.3) is 0 Å². The lowest BCUT2D eigenvalue weighted by atomic mass is 9.84. The largest absolute Gasteiger partial charge is 0.453 e. The third-order valence-corrected chi connectivity index (χ3v) is 12.2. The minimum absolute atomic E-state index is 0.176. The monoisotopic (exact) mass is 720 g/mol. The number of nitrogens with one attached hydrogen (secondary N) is 2. The molecule has 2 amide bonds. The van der Waals surface area contributed by atoms with E-state index in [0.29, 0.717) is 25.7 Å². The number of sulfonamides is 1. The summed E-state index contributed by atoms with van der Waals surface area (Å²) in [6, 6.07) is 22.4. The average Bonchev–Trinajstić information content (AvgIpc) is 3.86. The van der Waals surface area contributed by atoms with Crippen molar-refractivity contribution in [3.8, 4) is 0 Å². The third kappa shape index (κ3) is 9.48. The van der Waals surface area contributed by atoms with Crippen molar-refractivity contribution in [1.29, 1.82) is 0 Å². The van der Waals surface area contributed by atoms with E-state index >= 15 is 0 Å². The molecule has 1 aliphatic rings. The van der Waals surface area contributed by atoms with Crippen LogP contribution in [0.2, 0.25) is 0 Å². The number of carbonyl (C=O) groups is 2. The summed E-state index contributed by atoms with van der Waals surface area (Å²) in [5, 5.41) is 16.6. The van der Waals surface area contributed by atoms with E-state index in [2.05, 4.69) is 15.6 Å². The Labute approximate surface area is 299 Å². The number of hydrogen-bond acceptors (Lipinski definition) is 8. The number of rotatable bonds is 18. The molecule has 3 aromatic carbocycles. The Kier molecular flexibility index (Phi) is 13.0. The van der Waals surface area contributed by atoms with E-state index in [1.54, 1.807) is 23.7 Å². The van der Waals surface area contributed by atoms with Gasteiger partial charge in [-0.1, -0.05) is 74.5 Å². The summed E-state index contributed by atoms with van der Waals surface area (Å²) in [7, 11) is -2.63. The van der Waals surface area contributed by atoms with Crippen molar-refractivity contribution >= 4 is 43.6 Å². The van der Waals surface area contributed by atoms with E-state index in [9.17, 15) is 23.1 Å². The highest BCUT2D eigenvalue weighted by atomic mass is 32.2. The normalized spacial score (nSPS) is 15.3. The van der Waals surface area contributed by atoms with Crippen molar-refractivity contribution in [2.75, 3.05) is 20.3 Å². The number of carbonyl (C=O) groups excluding carboxylic acids is 2. The number of aliphatic hydroxyl groups is 1. The maximum absolute atomic E-state index is 14.2. The molecule has 10 nitrogen and oxygen atoms in total. The number of fused-ring (bicyclic) bond motifs is 1. The van der Waals surface area contributed by atoms with Crippen molar-refractivity contribution in [2.45, 2.75) is 81.3 Å². The summed E-state index contributed by atoms with van der Waals surface area (Å²) in [6.07, 6.45) is 3.51. The number of aromatic nitrogens is 1. The molecule has 3 N–H and O–H groups in total. The molecule has 1 aliphatic carbocycles. The van der Waals surface area contributed by atoms with Crippen LogP contribution in [0.15, 0.2) is 89.3 Å². The van der Waals surface area contributed by atoms with Gasteiger partial charge in [0.15, 0.2) is 0 Å². The van der Waals surface area contributed by atoms with Gasteiger partial charge in [-0.25, -0.2) is 18.2 Å². The van der Waals surface area contributed by atoms with E-state index in [-0.39, 0.29) is 41.8 Å². The van der Waals surface area contributed by atoms with Crippen LogP contribution in [0.1, 0.15) is 69.4 Å². The Bertz CT molecular complexity index is 1760. The molecule has 0 unspecified atom stereocenters. The number of aliphatic hydroxyl groups excluding tert-OH is 1. The molecule has 3 atom stereocenters. The number of nitrogens with zero attached hydrogens (tertiary/aromatic N) is 2. The number of methoxy groups -OCH3 is 1. The van der Waals surface area contributed by atoms with Gasteiger partial charge in [-0.2, -0.15) is 4.31 Å². The maximum atomic E-state index is 14.2. The molecule has 0 aliphatic heterocycles. The van der Waals surface area contributed by atoms with Crippen molar-refractivity contribution in [2.24, 2.45) is 11.8 Å². The molecule has 0 bridgehead atoms. The number of thiazole rings is 1. The van der Waals surface area contributed by atoms with Crippen molar-refractivity contribution in [3.63, 3.8) is 0 Å². The Hall–Kier alpha value is -3.84. The highest BCUT2D eigenvalue weighted by Crippen LogP contribution is 2.36. The molecule has 50 heavy (non-hydrogen) atoms. The quantitative estimate of drug-likeness (QED) is 0.110. The number of alkyl carbamates (subject to hydrolysis) is 1. The second-order valence-corrected chi connectivity index (χ2v) is 16.2. The predicted octanol–water partition coefficient (Wildman–Crippen LogP) is 6.32. The van der Waals surface area contributed by atoms with Crippen LogP contribution in [0, 0.1) is 11.8 Å². The van der Waals surface area contributed by atoms with Crippen LogP contribution < -0.4 is 10.6 Å². The fourth-order valence-electron chi connectivity index (χ4n) is 6.50. The summed E-state index contributed by atoms with van der Waals surface area (Å²) < 4.78 is 35.3. The highest BCUT2D eigenvalue weighted by molar-refractivity contribution is 7.89. The number of ether oxygens (including phenoxy) is 1. The van der Waals surface area contributed by atoms with Gasteiger partial charge < -0.3 is 20.5 Å². The molecule has 0 radical (unpaired) electrons. The van der Waals surface area contributed by atoms with Gasteiger partial charge in [0, 0.05) is 24.5 Å². The number of hydrogen-bond donors (Lipinski definition) is 3. The van der Waals surface area contributed by atoms with Crippen molar-refractivity contribution in [1.82, 2.24) is 19.9 Å². The summed E-state index contributed by atoms with van der Waals surface area (Å²) >= 11 is 1.39. The Morgan fingerprint density at radius 1 is 0.960 bits per heavy atom. The number of amides is 2. The average molecular weight is 721 g/mol. The van der Waals surface area contributed by atoms with Crippen LogP contribution in [0.25, 0.3) is 10.2 Å². The van der Waals surface area contributed by atoms with Crippen LogP contribution in [-0.2, 0) is 19.6 Å². The van der Waals surface area contributed by atoms with E-state index in [4.69, 9.17) is 4.74 Å². The zero-order valence-corrected chi connectivity index (χ0v) is 30.5. The first-order valence-electron chi connectivity index (χ1n) is 17.3. The molecule has 1 heterocycles. The van der Waals surface area contributed by atoms with Gasteiger partial charge in [-0.15, -0.1) is 11.3 Å². The minimum atomic E-state index is -3.91. The fourth-order valence-corrected chi connectivity index (χ4v) is 8.98. The second kappa shape index (κ2) is 17.4. The molecule has 4 aromatic rings. The standard InChI is InChI=1S/C38H48N4O6S2/c1-26(2)21-22-42(50(46,47)31-19-20-33-34(23-31)49-25-39-33)30(24-43)15-10-16-32(27-17-18-27)40-37(44)36(41-38(45)48-3)35(28-11-6-4-7-12-28)29-13-8-5-9-14-29/h4-9,11-14,19-20,23,25-27,30,32,35-36,43H,10,15-18,21-22,24H2,1-3H3,(H,40,44)(H,41,45)/t30-,32+,36-/m0/s1. The third-order valence-electron chi connectivity index (χ3n) is 9.42. The van der Waals surface area contributed by atoms with Crippen molar-refractivity contribution in [3.05, 3.63) is 95.5 Å². The maximum Gasteiger partial charge on any atom is 0.407 e. The summed E-state index contributed by atoms with van der Waals surface area (Å²) in [5.74, 6) is -0.237. The lowest BCUT2D eigenvalue weighted by Gasteiger charge is -2.31. The lowest BCUT2D eigenvalue weighted by molar-refractivity contribution is -0.124. The smallest absolute Gasteiger partial charge is 0.407 e. The van der Waals surface area contributed by atoms with Crippen LogP contribution in [0.3, 0.4) is 0 Å². The van der Waals surface area contributed by atoms with Gasteiger partial charge in [-0.3, -0.25) is 4.79 Å². The van der Waals surface area contributed by atoms with Crippen LogP contribution in [0.5, 0.6) is 0 Å².